The van der Waals surface area contributed by atoms with E-state index in [1.807, 2.05) is 19.1 Å². The topological polar surface area (TPSA) is 58.6 Å². The molecular weight excluding hydrogens is 230 g/mol. The summed E-state index contributed by atoms with van der Waals surface area (Å²) < 4.78 is 5.58. The van der Waals surface area contributed by atoms with E-state index in [1.54, 1.807) is 6.07 Å². The van der Waals surface area contributed by atoms with Gasteiger partial charge in [-0.05, 0) is 51.0 Å². The van der Waals surface area contributed by atoms with Gasteiger partial charge in [-0.2, -0.15) is 0 Å². The maximum Gasteiger partial charge on any atom is 0.335 e. The van der Waals surface area contributed by atoms with Gasteiger partial charge in [0.1, 0.15) is 0 Å². The molecule has 0 aliphatic carbocycles. The van der Waals surface area contributed by atoms with Crippen LogP contribution in [0.1, 0.15) is 36.2 Å². The quantitative estimate of drug-likeness (QED) is 0.864. The number of benzene rings is 1. The van der Waals surface area contributed by atoms with Crippen LogP contribution in [0.15, 0.2) is 18.2 Å². The van der Waals surface area contributed by atoms with Crippen LogP contribution in [0.2, 0.25) is 0 Å². The van der Waals surface area contributed by atoms with Gasteiger partial charge in [-0.1, -0.05) is 0 Å². The highest BCUT2D eigenvalue weighted by atomic mass is 16.5. The molecule has 1 fully saturated rings. The second kappa shape index (κ2) is 4.61. The first-order valence-electron chi connectivity index (χ1n) is 6.16. The van der Waals surface area contributed by atoms with Crippen LogP contribution in [-0.2, 0) is 4.74 Å². The lowest BCUT2D eigenvalue weighted by Crippen LogP contribution is -2.41. The van der Waals surface area contributed by atoms with Crippen LogP contribution >= 0.6 is 0 Å². The molecule has 0 amide bonds. The lowest BCUT2D eigenvalue weighted by atomic mass is 9.94. The van der Waals surface area contributed by atoms with Gasteiger partial charge in [-0.3, -0.25) is 0 Å². The number of carboxylic acids is 1. The summed E-state index contributed by atoms with van der Waals surface area (Å²) in [5.74, 6) is -0.886. The molecule has 0 saturated carbocycles. The highest BCUT2D eigenvalue weighted by Crippen LogP contribution is 2.30. The Hall–Kier alpha value is -1.55. The van der Waals surface area contributed by atoms with Crippen LogP contribution in [0.3, 0.4) is 0 Å². The summed E-state index contributed by atoms with van der Waals surface area (Å²) in [5, 5.41) is 12.4. The van der Waals surface area contributed by atoms with Crippen molar-refractivity contribution < 1.29 is 14.6 Å². The van der Waals surface area contributed by atoms with Gasteiger partial charge in [0.15, 0.2) is 0 Å². The van der Waals surface area contributed by atoms with Crippen molar-refractivity contribution >= 4 is 11.7 Å². The molecule has 0 spiro atoms. The zero-order chi connectivity index (χ0) is 13.3. The summed E-state index contributed by atoms with van der Waals surface area (Å²) in [6.07, 6.45) is 1.10. The average Bonchev–Trinajstić information content (AvgIpc) is 2.58. The third-order valence-electron chi connectivity index (χ3n) is 3.77. The number of rotatable bonds is 3. The Morgan fingerprint density at radius 3 is 2.78 bits per heavy atom. The standard InChI is InChI=1S/C14H19NO3/c1-9-8-11(4-5-12(9)13(16)17)15-14(3)6-7-18-10(14)2/h4-5,8,10,15H,6-7H2,1-3H3,(H,16,17). The van der Waals surface area contributed by atoms with E-state index in [0.29, 0.717) is 5.56 Å². The lowest BCUT2D eigenvalue weighted by Gasteiger charge is -2.30. The molecule has 1 aromatic carbocycles. The molecular formula is C14H19NO3. The molecule has 0 bridgehead atoms. The molecule has 2 rings (SSSR count). The van der Waals surface area contributed by atoms with E-state index in [-0.39, 0.29) is 11.6 Å². The van der Waals surface area contributed by atoms with Crippen molar-refractivity contribution in [3.05, 3.63) is 29.3 Å². The Labute approximate surface area is 107 Å². The van der Waals surface area contributed by atoms with Crippen molar-refractivity contribution in [1.82, 2.24) is 0 Å². The third-order valence-corrected chi connectivity index (χ3v) is 3.77. The van der Waals surface area contributed by atoms with Gasteiger partial charge in [0.2, 0.25) is 0 Å². The Morgan fingerprint density at radius 2 is 2.28 bits per heavy atom. The van der Waals surface area contributed by atoms with Crippen LogP contribution in [0.5, 0.6) is 0 Å². The number of aromatic carboxylic acids is 1. The van der Waals surface area contributed by atoms with Crippen molar-refractivity contribution in [3.8, 4) is 0 Å². The summed E-state index contributed by atoms with van der Waals surface area (Å²) >= 11 is 0. The highest BCUT2D eigenvalue weighted by Gasteiger charge is 2.36. The first-order chi connectivity index (χ1) is 8.42. The molecule has 0 aromatic heterocycles. The molecule has 4 heteroatoms. The van der Waals surface area contributed by atoms with Crippen molar-refractivity contribution in [2.24, 2.45) is 0 Å². The average molecular weight is 249 g/mol. The monoisotopic (exact) mass is 249 g/mol. The Morgan fingerprint density at radius 1 is 1.56 bits per heavy atom. The number of aryl methyl sites for hydroxylation is 1. The summed E-state index contributed by atoms with van der Waals surface area (Å²) in [7, 11) is 0. The van der Waals surface area contributed by atoms with Crippen molar-refractivity contribution in [1.29, 1.82) is 0 Å². The van der Waals surface area contributed by atoms with Gasteiger partial charge in [0.25, 0.3) is 0 Å². The molecule has 98 valence electrons. The van der Waals surface area contributed by atoms with Gasteiger partial charge in [0, 0.05) is 12.3 Å². The minimum atomic E-state index is -0.886. The molecule has 4 nitrogen and oxygen atoms in total. The van der Waals surface area contributed by atoms with E-state index in [2.05, 4.69) is 19.2 Å². The number of hydrogen-bond acceptors (Lipinski definition) is 3. The fourth-order valence-electron chi connectivity index (χ4n) is 2.31. The maximum absolute atomic E-state index is 11.0. The van der Waals surface area contributed by atoms with Crippen LogP contribution < -0.4 is 5.32 Å². The molecule has 1 aliphatic rings. The molecule has 2 unspecified atom stereocenters. The smallest absolute Gasteiger partial charge is 0.335 e. The molecule has 1 aliphatic heterocycles. The fraction of sp³-hybridized carbons (Fsp3) is 0.500. The van der Waals surface area contributed by atoms with E-state index in [9.17, 15) is 4.79 Å². The number of nitrogens with one attached hydrogen (secondary N) is 1. The van der Waals surface area contributed by atoms with E-state index < -0.39 is 5.97 Å². The summed E-state index contributed by atoms with van der Waals surface area (Å²) in [6, 6.07) is 5.33. The molecule has 1 heterocycles. The SMILES string of the molecule is Cc1cc(NC2(C)CCOC2C)ccc1C(=O)O. The zero-order valence-corrected chi connectivity index (χ0v) is 11.0. The predicted octanol–water partition coefficient (Wildman–Crippen LogP) is 2.67. The largest absolute Gasteiger partial charge is 0.478 e. The Kier molecular flexibility index (Phi) is 3.30. The molecule has 2 N–H and O–H groups in total. The van der Waals surface area contributed by atoms with E-state index in [0.717, 1.165) is 24.3 Å². The fourth-order valence-corrected chi connectivity index (χ4v) is 2.31. The number of anilines is 1. The lowest BCUT2D eigenvalue weighted by molar-refractivity contribution is 0.0696. The summed E-state index contributed by atoms with van der Waals surface area (Å²) in [5.41, 5.74) is 1.97. The van der Waals surface area contributed by atoms with Crippen LogP contribution in [0.4, 0.5) is 5.69 Å². The first kappa shape index (κ1) is 12.9. The number of hydrogen-bond donors (Lipinski definition) is 2. The van der Waals surface area contributed by atoms with Crippen molar-refractivity contribution in [3.63, 3.8) is 0 Å². The number of carboxylic acid groups (broad SMARTS) is 1. The van der Waals surface area contributed by atoms with E-state index in [1.165, 1.54) is 0 Å². The van der Waals surface area contributed by atoms with Crippen molar-refractivity contribution in [2.75, 3.05) is 11.9 Å². The predicted molar refractivity (Wildman–Crippen MR) is 70.2 cm³/mol. The Bertz CT molecular complexity index is 472. The van der Waals surface area contributed by atoms with Gasteiger partial charge in [-0.25, -0.2) is 4.79 Å². The van der Waals surface area contributed by atoms with Crippen LogP contribution in [-0.4, -0.2) is 29.3 Å². The second-order valence-electron chi connectivity index (χ2n) is 5.14. The third kappa shape index (κ3) is 2.34. The second-order valence-corrected chi connectivity index (χ2v) is 5.14. The first-order valence-corrected chi connectivity index (χ1v) is 6.16. The highest BCUT2D eigenvalue weighted by molar-refractivity contribution is 5.89. The minimum Gasteiger partial charge on any atom is -0.478 e. The number of carbonyl (C=O) groups is 1. The van der Waals surface area contributed by atoms with Crippen molar-refractivity contribution in [2.45, 2.75) is 38.8 Å². The summed E-state index contributed by atoms with van der Waals surface area (Å²) in [4.78, 5) is 11.0. The zero-order valence-electron chi connectivity index (χ0n) is 11.0. The molecule has 1 saturated heterocycles. The molecule has 2 atom stereocenters. The normalized spacial score (nSPS) is 27.2. The minimum absolute atomic E-state index is 0.0861. The molecule has 1 aromatic rings. The molecule has 0 radical (unpaired) electrons. The van der Waals surface area contributed by atoms with Gasteiger partial charge < -0.3 is 15.2 Å². The van der Waals surface area contributed by atoms with Crippen LogP contribution in [0, 0.1) is 6.92 Å². The number of ether oxygens (including phenoxy) is 1. The van der Waals surface area contributed by atoms with E-state index >= 15 is 0 Å². The van der Waals surface area contributed by atoms with Gasteiger partial charge >= 0.3 is 5.97 Å². The van der Waals surface area contributed by atoms with Gasteiger partial charge in [-0.15, -0.1) is 0 Å². The van der Waals surface area contributed by atoms with Crippen LogP contribution in [0.25, 0.3) is 0 Å². The maximum atomic E-state index is 11.0. The Balaban J connectivity index is 2.20. The molecule has 18 heavy (non-hydrogen) atoms. The van der Waals surface area contributed by atoms with E-state index in [4.69, 9.17) is 9.84 Å². The summed E-state index contributed by atoms with van der Waals surface area (Å²) in [6.45, 7) is 6.76. The van der Waals surface area contributed by atoms with Gasteiger partial charge in [0.05, 0.1) is 17.2 Å².